The van der Waals surface area contributed by atoms with Crippen LogP contribution < -0.4 is 5.32 Å². The van der Waals surface area contributed by atoms with Gasteiger partial charge < -0.3 is 10.4 Å². The molecule has 7 heteroatoms. The summed E-state index contributed by atoms with van der Waals surface area (Å²) in [5, 5.41) is 21.8. The second kappa shape index (κ2) is 5.31. The van der Waals surface area contributed by atoms with Crippen molar-refractivity contribution >= 4 is 11.9 Å². The van der Waals surface area contributed by atoms with Gasteiger partial charge in [0.2, 0.25) is 0 Å². The molecule has 0 fully saturated rings. The molecule has 1 amide bonds. The van der Waals surface area contributed by atoms with E-state index >= 15 is 0 Å². The van der Waals surface area contributed by atoms with Crippen molar-refractivity contribution in [3.05, 3.63) is 59.3 Å². The van der Waals surface area contributed by atoms with Crippen LogP contribution >= 0.6 is 0 Å². The number of carboxylic acid groups (broad SMARTS) is 1. The van der Waals surface area contributed by atoms with Crippen molar-refractivity contribution < 1.29 is 14.7 Å². The highest BCUT2D eigenvalue weighted by Gasteiger charge is 2.19. The maximum atomic E-state index is 11.6. The Morgan fingerprint density at radius 3 is 2.46 bits per heavy atom. The summed E-state index contributed by atoms with van der Waals surface area (Å²) in [6, 6.07) is 13.1. The molecule has 3 aromatic rings. The molecule has 0 aliphatic carbocycles. The average molecular weight is 320 g/mol. The fourth-order valence-corrected chi connectivity index (χ4v) is 2.81. The minimum absolute atomic E-state index is 0.0425. The van der Waals surface area contributed by atoms with Gasteiger partial charge in [0.05, 0.1) is 0 Å². The molecule has 2 aromatic carbocycles. The standard InChI is InChI=1S/C17H12N4O3/c22-16-13-6-5-11(7-12(13)8-18-16)9-1-3-10(4-2-9)14-15(17(23)24)20-21-19-14/h1-7H,8H2,(H,18,22)(H,23,24)(H,19,20,21). The van der Waals surface area contributed by atoms with E-state index in [1.165, 1.54) is 0 Å². The van der Waals surface area contributed by atoms with Gasteiger partial charge in [-0.3, -0.25) is 4.79 Å². The number of amides is 1. The highest BCUT2D eigenvalue weighted by molar-refractivity contribution is 5.99. The highest BCUT2D eigenvalue weighted by atomic mass is 16.4. The molecule has 0 saturated heterocycles. The number of nitrogens with one attached hydrogen (secondary N) is 2. The number of aromatic amines is 1. The van der Waals surface area contributed by atoms with Gasteiger partial charge in [-0.05, 0) is 28.8 Å². The van der Waals surface area contributed by atoms with Crippen LogP contribution in [0.5, 0.6) is 0 Å². The minimum Gasteiger partial charge on any atom is -0.476 e. The Morgan fingerprint density at radius 2 is 1.71 bits per heavy atom. The summed E-state index contributed by atoms with van der Waals surface area (Å²) in [6.45, 7) is 0.543. The smallest absolute Gasteiger partial charge is 0.358 e. The minimum atomic E-state index is -1.13. The van der Waals surface area contributed by atoms with Crippen LogP contribution in [0.4, 0.5) is 0 Å². The summed E-state index contributed by atoms with van der Waals surface area (Å²) in [4.78, 5) is 22.7. The maximum absolute atomic E-state index is 11.6. The largest absolute Gasteiger partial charge is 0.476 e. The zero-order chi connectivity index (χ0) is 16.7. The third-order valence-corrected chi connectivity index (χ3v) is 4.03. The maximum Gasteiger partial charge on any atom is 0.358 e. The average Bonchev–Trinajstić information content (AvgIpc) is 3.22. The first kappa shape index (κ1) is 14.1. The predicted octanol–water partition coefficient (Wildman–Crippen LogP) is 2.08. The van der Waals surface area contributed by atoms with E-state index in [0.29, 0.717) is 23.4 Å². The van der Waals surface area contributed by atoms with Crippen molar-refractivity contribution in [1.82, 2.24) is 20.7 Å². The van der Waals surface area contributed by atoms with E-state index in [4.69, 9.17) is 5.11 Å². The van der Waals surface area contributed by atoms with E-state index in [2.05, 4.69) is 20.7 Å². The molecule has 0 spiro atoms. The van der Waals surface area contributed by atoms with Crippen LogP contribution in [0.1, 0.15) is 26.4 Å². The number of aromatic carboxylic acids is 1. The summed E-state index contributed by atoms with van der Waals surface area (Å²) in [7, 11) is 0. The third-order valence-electron chi connectivity index (χ3n) is 4.03. The molecule has 118 valence electrons. The summed E-state index contributed by atoms with van der Waals surface area (Å²) in [6.07, 6.45) is 0. The quantitative estimate of drug-likeness (QED) is 0.685. The highest BCUT2D eigenvalue weighted by Crippen LogP contribution is 2.27. The molecule has 1 aliphatic heterocycles. The van der Waals surface area contributed by atoms with Gasteiger partial charge in [-0.2, -0.15) is 10.3 Å². The van der Waals surface area contributed by atoms with Gasteiger partial charge in [0.15, 0.2) is 5.69 Å². The van der Waals surface area contributed by atoms with Crippen molar-refractivity contribution in [3.63, 3.8) is 0 Å². The molecule has 0 radical (unpaired) electrons. The van der Waals surface area contributed by atoms with E-state index in [-0.39, 0.29) is 11.6 Å². The lowest BCUT2D eigenvalue weighted by atomic mass is 9.99. The molecule has 0 saturated carbocycles. The van der Waals surface area contributed by atoms with Crippen LogP contribution in [0, 0.1) is 0 Å². The second-order valence-corrected chi connectivity index (χ2v) is 5.46. The zero-order valence-corrected chi connectivity index (χ0v) is 12.4. The molecule has 1 aliphatic rings. The second-order valence-electron chi connectivity index (χ2n) is 5.46. The molecule has 24 heavy (non-hydrogen) atoms. The van der Waals surface area contributed by atoms with Crippen molar-refractivity contribution in [3.8, 4) is 22.4 Å². The van der Waals surface area contributed by atoms with Crippen LogP contribution in [-0.2, 0) is 6.54 Å². The van der Waals surface area contributed by atoms with Crippen LogP contribution in [0.25, 0.3) is 22.4 Å². The van der Waals surface area contributed by atoms with E-state index in [1.54, 1.807) is 12.1 Å². The van der Waals surface area contributed by atoms with Crippen molar-refractivity contribution in [2.24, 2.45) is 0 Å². The van der Waals surface area contributed by atoms with Gasteiger partial charge in [0.25, 0.3) is 5.91 Å². The van der Waals surface area contributed by atoms with Crippen LogP contribution in [-0.4, -0.2) is 32.4 Å². The number of hydrogen-bond acceptors (Lipinski definition) is 4. The van der Waals surface area contributed by atoms with Crippen molar-refractivity contribution in [1.29, 1.82) is 0 Å². The normalized spacial score (nSPS) is 12.8. The molecule has 2 heterocycles. The number of fused-ring (bicyclic) bond motifs is 1. The first-order valence-corrected chi connectivity index (χ1v) is 7.29. The summed E-state index contributed by atoms with van der Waals surface area (Å²) < 4.78 is 0. The molecule has 0 unspecified atom stereocenters. The van der Waals surface area contributed by atoms with Crippen LogP contribution in [0.15, 0.2) is 42.5 Å². The number of benzene rings is 2. The van der Waals surface area contributed by atoms with Gasteiger partial charge in [0, 0.05) is 17.7 Å². The lowest BCUT2D eigenvalue weighted by Gasteiger charge is -2.05. The van der Waals surface area contributed by atoms with Gasteiger partial charge in [-0.15, -0.1) is 5.10 Å². The summed E-state index contributed by atoms with van der Waals surface area (Å²) >= 11 is 0. The topological polar surface area (TPSA) is 108 Å². The Labute approximate surface area is 136 Å². The number of rotatable bonds is 3. The Hall–Kier alpha value is -3.48. The van der Waals surface area contributed by atoms with Crippen molar-refractivity contribution in [2.75, 3.05) is 0 Å². The van der Waals surface area contributed by atoms with Gasteiger partial charge in [-0.25, -0.2) is 4.79 Å². The number of carbonyl (C=O) groups excluding carboxylic acids is 1. The molecular formula is C17H12N4O3. The molecule has 7 nitrogen and oxygen atoms in total. The molecule has 0 atom stereocenters. The summed E-state index contributed by atoms with van der Waals surface area (Å²) in [5.41, 5.74) is 4.53. The van der Waals surface area contributed by atoms with E-state index in [0.717, 1.165) is 16.7 Å². The lowest BCUT2D eigenvalue weighted by molar-refractivity contribution is 0.0691. The Balaban J connectivity index is 1.68. The number of aromatic nitrogens is 3. The van der Waals surface area contributed by atoms with E-state index < -0.39 is 5.97 Å². The fraction of sp³-hybridized carbons (Fsp3) is 0.0588. The lowest BCUT2D eigenvalue weighted by Crippen LogP contribution is -2.12. The van der Waals surface area contributed by atoms with Crippen molar-refractivity contribution in [2.45, 2.75) is 6.54 Å². The molecular weight excluding hydrogens is 308 g/mol. The molecule has 1 aromatic heterocycles. The third kappa shape index (κ3) is 2.23. The Kier molecular flexibility index (Phi) is 3.13. The molecule has 3 N–H and O–H groups in total. The van der Waals surface area contributed by atoms with Gasteiger partial charge >= 0.3 is 5.97 Å². The van der Waals surface area contributed by atoms with E-state index in [1.807, 2.05) is 30.3 Å². The first-order valence-electron chi connectivity index (χ1n) is 7.29. The number of carboxylic acids is 1. The van der Waals surface area contributed by atoms with Crippen LogP contribution in [0.2, 0.25) is 0 Å². The molecule has 4 rings (SSSR count). The van der Waals surface area contributed by atoms with E-state index in [9.17, 15) is 9.59 Å². The van der Waals surface area contributed by atoms with Gasteiger partial charge in [0.1, 0.15) is 5.69 Å². The Morgan fingerprint density at radius 1 is 1.00 bits per heavy atom. The monoisotopic (exact) mass is 320 g/mol. The predicted molar refractivity (Wildman–Crippen MR) is 85.4 cm³/mol. The SMILES string of the molecule is O=C1NCc2cc(-c3ccc(-c4n[nH]nc4C(=O)O)cc3)ccc21. The van der Waals surface area contributed by atoms with Gasteiger partial charge in [-0.1, -0.05) is 30.3 Å². The fourth-order valence-electron chi connectivity index (χ4n) is 2.81. The molecule has 0 bridgehead atoms. The summed E-state index contributed by atoms with van der Waals surface area (Å²) in [5.74, 6) is -1.17. The number of H-pyrrole nitrogens is 1. The first-order chi connectivity index (χ1) is 11.6. The number of hydrogen-bond donors (Lipinski definition) is 3. The number of nitrogens with zero attached hydrogens (tertiary/aromatic N) is 2. The Bertz CT molecular complexity index is 960. The number of carbonyl (C=O) groups is 2. The van der Waals surface area contributed by atoms with Crippen LogP contribution in [0.3, 0.4) is 0 Å². The zero-order valence-electron chi connectivity index (χ0n) is 12.4.